The third kappa shape index (κ3) is 3.70. The molecule has 0 radical (unpaired) electrons. The quantitative estimate of drug-likeness (QED) is 0.354. The summed E-state index contributed by atoms with van der Waals surface area (Å²) in [6, 6.07) is 14.4. The Hall–Kier alpha value is -3.27. The van der Waals surface area contributed by atoms with Gasteiger partial charge in [0.25, 0.3) is 0 Å². The van der Waals surface area contributed by atoms with Crippen LogP contribution in [0.2, 0.25) is 0 Å². The molecule has 0 aliphatic heterocycles. The Balaban J connectivity index is 1.87. The number of nitrogens with zero attached hydrogens (tertiary/aromatic N) is 6. The van der Waals surface area contributed by atoms with Gasteiger partial charge in [0.1, 0.15) is 5.78 Å². The number of azide groups is 2. The predicted molar refractivity (Wildman–Crippen MR) is 99.4 cm³/mol. The van der Waals surface area contributed by atoms with Crippen LogP contribution in [0.3, 0.4) is 0 Å². The molecule has 7 heteroatoms. The molecule has 0 amide bonds. The summed E-state index contributed by atoms with van der Waals surface area (Å²) in [6.45, 7) is 2.16. The molecule has 0 heterocycles. The second kappa shape index (κ2) is 7.74. The van der Waals surface area contributed by atoms with E-state index in [0.29, 0.717) is 17.3 Å². The van der Waals surface area contributed by atoms with Crippen molar-refractivity contribution in [3.63, 3.8) is 0 Å². The van der Waals surface area contributed by atoms with Crippen molar-refractivity contribution in [3.05, 3.63) is 80.5 Å². The van der Waals surface area contributed by atoms with Gasteiger partial charge in [-0.05, 0) is 40.9 Å². The Morgan fingerprint density at radius 2 is 1.19 bits per heavy atom. The Labute approximate surface area is 150 Å². The van der Waals surface area contributed by atoms with Gasteiger partial charge in [-0.2, -0.15) is 0 Å². The zero-order valence-corrected chi connectivity index (χ0v) is 14.4. The number of rotatable bonds is 4. The minimum atomic E-state index is -0.166. The molecule has 3 rings (SSSR count). The maximum Gasteiger partial charge on any atom is 0.147 e. The molecule has 2 atom stereocenters. The Kier molecular flexibility index (Phi) is 5.23. The van der Waals surface area contributed by atoms with Crippen molar-refractivity contribution >= 4 is 17.2 Å². The largest absolute Gasteiger partial charge is 0.298 e. The molecule has 0 N–H and O–H groups in total. The molecule has 0 spiro atoms. The van der Waals surface area contributed by atoms with E-state index in [4.69, 9.17) is 11.1 Å². The predicted octanol–water partition coefficient (Wildman–Crippen LogP) is 6.44. The first kappa shape index (κ1) is 17.5. The van der Waals surface area contributed by atoms with E-state index in [1.165, 1.54) is 0 Å². The summed E-state index contributed by atoms with van der Waals surface area (Å²) in [6.07, 6.45) is 1.63. The number of carbonyl (C=O) groups is 1. The van der Waals surface area contributed by atoms with Gasteiger partial charge in [0.05, 0.1) is 0 Å². The normalized spacial score (nSPS) is 22.2. The van der Waals surface area contributed by atoms with Crippen LogP contribution < -0.4 is 0 Å². The van der Waals surface area contributed by atoms with Crippen molar-refractivity contribution in [1.82, 2.24) is 0 Å². The van der Waals surface area contributed by atoms with Crippen molar-refractivity contribution in [2.24, 2.45) is 16.1 Å². The molecule has 2 unspecified atom stereocenters. The van der Waals surface area contributed by atoms with Gasteiger partial charge in [-0.15, -0.1) is 0 Å². The number of Topliss-reactive ketones (excluding diaryl/α,β-unsaturated/α-hetero) is 1. The first-order valence-electron chi connectivity index (χ1n) is 8.46. The van der Waals surface area contributed by atoms with Crippen LogP contribution in [0.15, 0.2) is 58.8 Å². The van der Waals surface area contributed by atoms with E-state index < -0.39 is 0 Å². The van der Waals surface area contributed by atoms with Crippen LogP contribution >= 0.6 is 0 Å². The molecule has 2 aromatic rings. The standard InChI is InChI=1S/C19H18N6O/c1-12-10-17(13-2-6-15(7-3-13)22-24-20)19(26)18(11-12)14-4-8-16(9-5-14)23-25-21/h2-9,12,17-18H,10-11H2,1H3. The number of ketones is 1. The topological polar surface area (TPSA) is 115 Å². The fourth-order valence-corrected chi connectivity index (χ4v) is 3.63. The van der Waals surface area contributed by atoms with Crippen LogP contribution in [0.4, 0.5) is 11.4 Å². The van der Waals surface area contributed by atoms with Crippen LogP contribution in [0.25, 0.3) is 20.9 Å². The van der Waals surface area contributed by atoms with Crippen molar-refractivity contribution in [3.8, 4) is 0 Å². The summed E-state index contributed by atoms with van der Waals surface area (Å²) >= 11 is 0. The van der Waals surface area contributed by atoms with Crippen molar-refractivity contribution in [2.75, 3.05) is 0 Å². The van der Waals surface area contributed by atoms with E-state index in [1.807, 2.05) is 24.3 Å². The smallest absolute Gasteiger partial charge is 0.147 e. The minimum absolute atomic E-state index is 0.166. The maximum atomic E-state index is 13.1. The van der Waals surface area contributed by atoms with Gasteiger partial charge < -0.3 is 0 Å². The lowest BCUT2D eigenvalue weighted by Gasteiger charge is -2.32. The highest BCUT2D eigenvalue weighted by Gasteiger charge is 2.36. The van der Waals surface area contributed by atoms with Crippen molar-refractivity contribution in [2.45, 2.75) is 31.6 Å². The number of benzene rings is 2. The van der Waals surface area contributed by atoms with E-state index in [0.717, 1.165) is 24.0 Å². The highest BCUT2D eigenvalue weighted by atomic mass is 16.1. The monoisotopic (exact) mass is 346 g/mol. The zero-order valence-electron chi connectivity index (χ0n) is 14.4. The Bertz CT molecular complexity index is 819. The number of hydrogen-bond acceptors (Lipinski definition) is 3. The third-order valence-electron chi connectivity index (χ3n) is 4.87. The summed E-state index contributed by atoms with van der Waals surface area (Å²) in [7, 11) is 0. The number of carbonyl (C=O) groups excluding carboxylic acids is 1. The minimum Gasteiger partial charge on any atom is -0.298 e. The third-order valence-corrected chi connectivity index (χ3v) is 4.87. The van der Waals surface area contributed by atoms with Crippen LogP contribution in [0, 0.1) is 5.92 Å². The van der Waals surface area contributed by atoms with Gasteiger partial charge in [0.2, 0.25) is 0 Å². The number of hydrogen-bond donors (Lipinski definition) is 0. The van der Waals surface area contributed by atoms with Crippen LogP contribution in [-0.2, 0) is 4.79 Å². The van der Waals surface area contributed by atoms with Gasteiger partial charge in [-0.1, -0.05) is 65.7 Å². The highest BCUT2D eigenvalue weighted by molar-refractivity contribution is 5.92. The van der Waals surface area contributed by atoms with E-state index in [-0.39, 0.29) is 17.6 Å². The summed E-state index contributed by atoms with van der Waals surface area (Å²) in [4.78, 5) is 18.7. The van der Waals surface area contributed by atoms with Crippen molar-refractivity contribution < 1.29 is 4.79 Å². The molecule has 2 aromatic carbocycles. The van der Waals surface area contributed by atoms with Crippen molar-refractivity contribution in [1.29, 1.82) is 0 Å². The first-order chi connectivity index (χ1) is 12.6. The molecule has 1 saturated carbocycles. The fourth-order valence-electron chi connectivity index (χ4n) is 3.63. The summed E-state index contributed by atoms with van der Waals surface area (Å²) < 4.78 is 0. The molecule has 26 heavy (non-hydrogen) atoms. The Morgan fingerprint density at radius 1 is 0.808 bits per heavy atom. The lowest BCUT2D eigenvalue weighted by molar-refractivity contribution is -0.124. The zero-order chi connectivity index (χ0) is 18.5. The molecular weight excluding hydrogens is 328 g/mol. The lowest BCUT2D eigenvalue weighted by Crippen LogP contribution is -2.29. The van der Waals surface area contributed by atoms with Gasteiger partial charge in [0, 0.05) is 33.0 Å². The molecule has 0 bridgehead atoms. The molecule has 130 valence electrons. The first-order valence-corrected chi connectivity index (χ1v) is 8.46. The average molecular weight is 346 g/mol. The van der Waals surface area contributed by atoms with Gasteiger partial charge in [-0.25, -0.2) is 0 Å². The second-order valence-corrected chi connectivity index (χ2v) is 6.65. The van der Waals surface area contributed by atoms with Crippen LogP contribution in [0.1, 0.15) is 42.7 Å². The van der Waals surface area contributed by atoms with Crippen LogP contribution in [0.5, 0.6) is 0 Å². The SMILES string of the molecule is CC1CC(c2ccc(N=[N+]=[N-])cc2)C(=O)C(c2ccc(N=[N+]=[N-])cc2)C1. The molecule has 7 nitrogen and oxygen atoms in total. The second-order valence-electron chi connectivity index (χ2n) is 6.65. The Morgan fingerprint density at radius 3 is 1.54 bits per heavy atom. The van der Waals surface area contributed by atoms with Gasteiger partial charge in [0.15, 0.2) is 0 Å². The van der Waals surface area contributed by atoms with E-state index >= 15 is 0 Å². The molecule has 1 aliphatic carbocycles. The summed E-state index contributed by atoms with van der Waals surface area (Å²) in [5.41, 5.74) is 20.0. The van der Waals surface area contributed by atoms with Crippen LogP contribution in [-0.4, -0.2) is 5.78 Å². The fraction of sp³-hybridized carbons (Fsp3) is 0.316. The van der Waals surface area contributed by atoms with E-state index in [1.54, 1.807) is 24.3 Å². The average Bonchev–Trinajstić information content (AvgIpc) is 2.65. The summed E-state index contributed by atoms with van der Waals surface area (Å²) in [5, 5.41) is 7.15. The molecule has 1 aliphatic rings. The molecule has 0 saturated heterocycles. The highest BCUT2D eigenvalue weighted by Crippen LogP contribution is 2.41. The molecular formula is C19H18N6O. The lowest BCUT2D eigenvalue weighted by atomic mass is 9.70. The molecule has 1 fully saturated rings. The van der Waals surface area contributed by atoms with Gasteiger partial charge in [-0.3, -0.25) is 4.79 Å². The van der Waals surface area contributed by atoms with E-state index in [9.17, 15) is 4.79 Å². The maximum absolute atomic E-state index is 13.1. The van der Waals surface area contributed by atoms with E-state index in [2.05, 4.69) is 27.0 Å². The molecule has 0 aromatic heterocycles. The summed E-state index contributed by atoms with van der Waals surface area (Å²) in [5.74, 6) is 0.286. The van der Waals surface area contributed by atoms with Gasteiger partial charge >= 0.3 is 0 Å².